The maximum absolute atomic E-state index is 10.3. The van der Waals surface area contributed by atoms with Crippen molar-refractivity contribution in [3.8, 4) is 0 Å². The van der Waals surface area contributed by atoms with E-state index in [1.165, 1.54) is 0 Å². The Morgan fingerprint density at radius 2 is 2.05 bits per heavy atom. The monoisotopic (exact) mass is 333 g/mol. The lowest BCUT2D eigenvalue weighted by atomic mass is 9.91. The lowest BCUT2D eigenvalue weighted by Gasteiger charge is -2.44. The summed E-state index contributed by atoms with van der Waals surface area (Å²) in [6.45, 7) is -0.128. The summed E-state index contributed by atoms with van der Waals surface area (Å²) in [7, 11) is 0.928. The third-order valence-corrected chi connectivity index (χ3v) is 5.16. The molecule has 20 heavy (non-hydrogen) atoms. The highest BCUT2D eigenvalue weighted by Gasteiger charge is 2.51. The zero-order chi connectivity index (χ0) is 14.9. The van der Waals surface area contributed by atoms with Crippen molar-refractivity contribution in [2.45, 2.75) is 23.2 Å². The van der Waals surface area contributed by atoms with Crippen molar-refractivity contribution in [2.75, 3.05) is 6.61 Å². The van der Waals surface area contributed by atoms with Gasteiger partial charge in [0.2, 0.25) is 0 Å². The molecule has 5 nitrogen and oxygen atoms in total. The van der Waals surface area contributed by atoms with E-state index in [1.54, 1.807) is 24.3 Å². The van der Waals surface area contributed by atoms with Crippen LogP contribution in [0.1, 0.15) is 11.1 Å². The minimum Gasteiger partial charge on any atom is -0.389 e. The molecule has 0 unspecified atom stereocenters. The molecule has 1 aromatic carbocycles. The van der Waals surface area contributed by atoms with Gasteiger partial charge in [-0.15, -0.1) is 11.7 Å². The molecule has 0 bridgehead atoms. The van der Waals surface area contributed by atoms with Crippen LogP contribution in [0.25, 0.3) is 0 Å². The Labute approximate surface area is 130 Å². The Morgan fingerprint density at radius 3 is 2.65 bits per heavy atom. The molecule has 0 saturated carbocycles. The van der Waals surface area contributed by atoms with E-state index in [-0.39, 0.29) is 11.6 Å². The van der Waals surface area contributed by atoms with Crippen LogP contribution >= 0.6 is 34.7 Å². The van der Waals surface area contributed by atoms with Crippen LogP contribution in [0, 0.1) is 0 Å². The molecule has 110 valence electrons. The van der Waals surface area contributed by atoms with E-state index >= 15 is 0 Å². The number of hydrogen-bond donors (Lipinski definition) is 5. The summed E-state index contributed by atoms with van der Waals surface area (Å²) >= 11 is 9.16. The van der Waals surface area contributed by atoms with Crippen LogP contribution in [0.4, 0.5) is 0 Å². The third kappa shape index (κ3) is 2.57. The zero-order valence-corrected chi connectivity index (χ0v) is 12.9. The fraction of sp³-hybridized carbons (Fsp3) is 0.417. The predicted molar refractivity (Wildman–Crippen MR) is 84.6 cm³/mol. The molecule has 0 spiro atoms. The highest BCUT2D eigenvalue weighted by atomic mass is 33.1. The van der Waals surface area contributed by atoms with Crippen molar-refractivity contribution in [3.05, 3.63) is 35.4 Å². The van der Waals surface area contributed by atoms with Crippen molar-refractivity contribution in [2.24, 2.45) is 5.73 Å². The van der Waals surface area contributed by atoms with Gasteiger partial charge in [0.05, 0.1) is 6.61 Å². The molecule has 1 heterocycles. The summed E-state index contributed by atoms with van der Waals surface area (Å²) < 4.78 is 5.60. The second kappa shape index (κ2) is 6.18. The maximum atomic E-state index is 10.3. The first-order chi connectivity index (χ1) is 9.44. The van der Waals surface area contributed by atoms with Crippen molar-refractivity contribution >= 4 is 39.7 Å². The summed E-state index contributed by atoms with van der Waals surface area (Å²) in [6.07, 6.45) is -3.87. The number of ether oxygens (including phenoxy) is 1. The van der Waals surface area contributed by atoms with Crippen LogP contribution < -0.4 is 5.73 Å². The standard InChI is InChI=1S/C12H15NO4S3/c13-11(18)6-3-1-2-4-7(6)12(20-19)10(16)9(15)8(14)5-17-12/h1-4,8-10,14-16,19H,5H2,(H2,13,18)/t8-,9+,10-,12-/m1/s1. The van der Waals surface area contributed by atoms with Crippen molar-refractivity contribution in [3.63, 3.8) is 0 Å². The van der Waals surface area contributed by atoms with Gasteiger partial charge in [-0.3, -0.25) is 0 Å². The van der Waals surface area contributed by atoms with E-state index in [0.717, 1.165) is 10.8 Å². The topological polar surface area (TPSA) is 95.9 Å². The van der Waals surface area contributed by atoms with Crippen LogP contribution in [0.2, 0.25) is 0 Å². The van der Waals surface area contributed by atoms with Gasteiger partial charge in [-0.05, 0) is 0 Å². The fourth-order valence-electron chi connectivity index (χ4n) is 2.20. The number of thiocarbonyl (C=S) groups is 1. The van der Waals surface area contributed by atoms with Crippen LogP contribution in [0.3, 0.4) is 0 Å². The number of aliphatic hydroxyl groups excluding tert-OH is 3. The highest BCUT2D eigenvalue weighted by Crippen LogP contribution is 2.47. The van der Waals surface area contributed by atoms with Crippen molar-refractivity contribution in [1.82, 2.24) is 0 Å². The predicted octanol–water partition coefficient (Wildman–Crippen LogP) is 0.164. The van der Waals surface area contributed by atoms with Crippen molar-refractivity contribution in [1.29, 1.82) is 0 Å². The second-order valence-electron chi connectivity index (χ2n) is 4.48. The van der Waals surface area contributed by atoms with E-state index < -0.39 is 23.2 Å². The zero-order valence-electron chi connectivity index (χ0n) is 10.3. The molecule has 1 fully saturated rings. The average molecular weight is 333 g/mol. The molecule has 0 amide bonds. The molecule has 1 aliphatic rings. The van der Waals surface area contributed by atoms with E-state index in [9.17, 15) is 15.3 Å². The minimum atomic E-state index is -1.37. The van der Waals surface area contributed by atoms with Crippen LogP contribution in [0.5, 0.6) is 0 Å². The van der Waals surface area contributed by atoms with Gasteiger partial charge in [0.25, 0.3) is 0 Å². The van der Waals surface area contributed by atoms with Crippen LogP contribution in [0.15, 0.2) is 24.3 Å². The Hall–Kier alpha value is -0.350. The summed E-state index contributed by atoms with van der Waals surface area (Å²) in [5, 5.41) is 29.8. The van der Waals surface area contributed by atoms with Gasteiger partial charge >= 0.3 is 0 Å². The summed E-state index contributed by atoms with van der Waals surface area (Å²) in [5.41, 5.74) is 6.74. The van der Waals surface area contributed by atoms with Gasteiger partial charge in [-0.1, -0.05) is 47.3 Å². The van der Waals surface area contributed by atoms with E-state index in [2.05, 4.69) is 11.7 Å². The minimum absolute atomic E-state index is 0.128. The second-order valence-corrected chi connectivity index (χ2v) is 6.26. The lowest BCUT2D eigenvalue weighted by molar-refractivity contribution is -0.204. The number of hydrogen-bond acceptors (Lipinski definition) is 7. The molecule has 0 aliphatic carbocycles. The number of rotatable bonds is 3. The molecule has 1 saturated heterocycles. The van der Waals surface area contributed by atoms with Gasteiger partial charge in [0.1, 0.15) is 23.3 Å². The first-order valence-electron chi connectivity index (χ1n) is 5.84. The molecule has 1 aromatic rings. The number of aliphatic hydroxyl groups is 3. The lowest BCUT2D eigenvalue weighted by Crippen LogP contribution is -2.57. The highest BCUT2D eigenvalue weighted by molar-refractivity contribution is 8.68. The smallest absolute Gasteiger partial charge is 0.177 e. The van der Waals surface area contributed by atoms with Crippen LogP contribution in [-0.4, -0.2) is 45.2 Å². The molecule has 4 atom stereocenters. The largest absolute Gasteiger partial charge is 0.389 e. The number of thiol groups is 1. The van der Waals surface area contributed by atoms with Gasteiger partial charge in [-0.2, -0.15) is 0 Å². The molecule has 1 aliphatic heterocycles. The first kappa shape index (κ1) is 16.0. The molecule has 2 rings (SSSR count). The summed E-state index contributed by atoms with van der Waals surface area (Å²) in [5.74, 6) is 0. The van der Waals surface area contributed by atoms with Crippen molar-refractivity contribution < 1.29 is 20.1 Å². The quantitative estimate of drug-likeness (QED) is 0.306. The number of nitrogens with two attached hydrogens (primary N) is 1. The Balaban J connectivity index is 2.54. The first-order valence-corrected chi connectivity index (χ1v) is 8.11. The van der Waals surface area contributed by atoms with E-state index in [1.807, 2.05) is 0 Å². The summed E-state index contributed by atoms with van der Waals surface area (Å²) in [6, 6.07) is 6.91. The van der Waals surface area contributed by atoms with Gasteiger partial charge < -0.3 is 25.8 Å². The Kier molecular flexibility index (Phi) is 4.96. The van der Waals surface area contributed by atoms with E-state index in [4.69, 9.17) is 22.7 Å². The van der Waals surface area contributed by atoms with E-state index in [0.29, 0.717) is 11.1 Å². The average Bonchev–Trinajstić information content (AvgIpc) is 2.46. The normalized spacial score (nSPS) is 33.9. The molecule has 0 radical (unpaired) electrons. The molecule has 5 N–H and O–H groups in total. The molecule has 0 aromatic heterocycles. The number of benzene rings is 1. The van der Waals surface area contributed by atoms with Gasteiger partial charge in [0.15, 0.2) is 4.93 Å². The Morgan fingerprint density at radius 1 is 1.40 bits per heavy atom. The van der Waals surface area contributed by atoms with Gasteiger partial charge in [-0.25, -0.2) is 0 Å². The summed E-state index contributed by atoms with van der Waals surface area (Å²) in [4.78, 5) is -1.19. The maximum Gasteiger partial charge on any atom is 0.177 e. The molecule has 8 heteroatoms. The molecular formula is C12H15NO4S3. The Bertz CT molecular complexity index is 515. The fourth-order valence-corrected chi connectivity index (χ4v) is 3.80. The van der Waals surface area contributed by atoms with Gasteiger partial charge in [0, 0.05) is 11.1 Å². The van der Waals surface area contributed by atoms with Crippen LogP contribution in [-0.2, 0) is 9.67 Å². The third-order valence-electron chi connectivity index (χ3n) is 3.28. The SMILES string of the molecule is NC(=S)c1ccccc1[C@]1(SS)OC[C@@H](O)[C@H](O)[C@H]1O. The molecular weight excluding hydrogens is 318 g/mol.